The number of nitrogens with one attached hydrogen (secondary N) is 2. The van der Waals surface area contributed by atoms with Gasteiger partial charge >= 0.3 is 6.03 Å². The molecule has 2 aromatic carbocycles. The van der Waals surface area contributed by atoms with Crippen LogP contribution >= 0.6 is 39.1 Å². The molecule has 0 saturated carbocycles. The van der Waals surface area contributed by atoms with Gasteiger partial charge in [-0.25, -0.2) is 9.78 Å². The molecule has 0 aliphatic heterocycles. The molecule has 0 fully saturated rings. The highest BCUT2D eigenvalue weighted by atomic mass is 79.9. The van der Waals surface area contributed by atoms with E-state index >= 15 is 0 Å². The monoisotopic (exact) mass is 640 g/mol. The predicted molar refractivity (Wildman–Crippen MR) is 161 cm³/mol. The number of rotatable bonds is 7. The number of amides is 3. The molecule has 0 radical (unpaired) electrons. The summed E-state index contributed by atoms with van der Waals surface area (Å²) in [6.45, 7) is 1.69. The molecule has 12 heteroatoms. The molecule has 3 amide bonds. The molecule has 3 aromatic heterocycles. The number of carbonyl (C=O) groups excluding carboxylic acids is 2. The molecule has 40 heavy (non-hydrogen) atoms. The molecule has 5 aromatic rings. The lowest BCUT2D eigenvalue weighted by Crippen LogP contribution is -2.40. The number of aromatic nitrogens is 3. The van der Waals surface area contributed by atoms with Crippen LogP contribution in [-0.4, -0.2) is 39.9 Å². The summed E-state index contributed by atoms with van der Waals surface area (Å²) < 4.78 is 8.76. The molecule has 0 aliphatic carbocycles. The smallest absolute Gasteiger partial charge is 0.319 e. The Labute approximate surface area is 248 Å². The van der Waals surface area contributed by atoms with Crippen molar-refractivity contribution in [1.29, 1.82) is 0 Å². The van der Waals surface area contributed by atoms with Crippen molar-refractivity contribution in [3.05, 3.63) is 93.0 Å². The van der Waals surface area contributed by atoms with Gasteiger partial charge in [-0.15, -0.1) is 0 Å². The highest BCUT2D eigenvalue weighted by molar-refractivity contribution is 9.10. The zero-order valence-corrected chi connectivity index (χ0v) is 24.5. The van der Waals surface area contributed by atoms with Crippen LogP contribution in [-0.2, 0) is 11.4 Å². The van der Waals surface area contributed by atoms with E-state index in [-0.39, 0.29) is 24.1 Å². The first-order chi connectivity index (χ1) is 19.2. The average Bonchev–Trinajstić information content (AvgIpc) is 3.25. The van der Waals surface area contributed by atoms with Gasteiger partial charge in [-0.1, -0.05) is 35.3 Å². The summed E-state index contributed by atoms with van der Waals surface area (Å²) in [7, 11) is 1.57. The number of nitrogens with zero attached hydrogens (tertiary/aromatic N) is 4. The molecule has 204 valence electrons. The largest absolute Gasteiger partial charge is 0.485 e. The Morgan fingerprint density at radius 1 is 1.12 bits per heavy atom. The van der Waals surface area contributed by atoms with Gasteiger partial charge in [0.25, 0.3) is 0 Å². The van der Waals surface area contributed by atoms with Gasteiger partial charge < -0.3 is 20.3 Å². The van der Waals surface area contributed by atoms with E-state index in [0.717, 1.165) is 21.1 Å². The zero-order valence-electron chi connectivity index (χ0n) is 21.4. The molecule has 0 unspecified atom stereocenters. The molecular weight excluding hydrogens is 619 g/mol. The topological polar surface area (TPSA) is 101 Å². The minimum Gasteiger partial charge on any atom is -0.485 e. The van der Waals surface area contributed by atoms with Gasteiger partial charge in [-0.05, 0) is 59.3 Å². The fourth-order valence-corrected chi connectivity index (χ4v) is 5.15. The second-order valence-electron chi connectivity index (χ2n) is 8.86. The van der Waals surface area contributed by atoms with E-state index in [2.05, 4.69) is 36.5 Å². The standard InChI is InChI=1S/C28H23BrCl2N6O3/c1-16-26(29)37-12-4-7-23(27(37)34-16)40-15-19-20(30)8-9-22(25(19)31)36(2)24(38)14-33-28(39)35-21-6-3-5-17-13-32-11-10-18(17)21/h3-13H,14-15H2,1-2H3,(H2,33,35,39). The van der Waals surface area contributed by atoms with Gasteiger partial charge in [0.05, 0.1) is 28.6 Å². The number of hydrogen-bond donors (Lipinski definition) is 2. The first kappa shape index (κ1) is 27.7. The van der Waals surface area contributed by atoms with E-state index in [1.54, 1.807) is 43.7 Å². The molecule has 0 bridgehead atoms. The number of benzene rings is 2. The normalized spacial score (nSPS) is 11.0. The van der Waals surface area contributed by atoms with Gasteiger partial charge in [0.2, 0.25) is 5.91 Å². The number of likely N-dealkylation sites (N-methyl/N-ethyl adjacent to an activating group) is 1. The summed E-state index contributed by atoms with van der Waals surface area (Å²) in [6.07, 6.45) is 5.24. The fourth-order valence-electron chi connectivity index (χ4n) is 4.17. The minimum absolute atomic E-state index is 0.0535. The van der Waals surface area contributed by atoms with Gasteiger partial charge in [0, 0.05) is 47.0 Å². The van der Waals surface area contributed by atoms with Crippen molar-refractivity contribution in [3.63, 3.8) is 0 Å². The quantitative estimate of drug-likeness (QED) is 0.208. The molecule has 0 atom stereocenters. The first-order valence-corrected chi connectivity index (χ1v) is 13.7. The van der Waals surface area contributed by atoms with Crippen LogP contribution in [0.1, 0.15) is 11.3 Å². The van der Waals surface area contributed by atoms with E-state index < -0.39 is 6.03 Å². The third kappa shape index (κ3) is 5.56. The van der Waals surface area contributed by atoms with Crippen LogP contribution in [0.25, 0.3) is 16.4 Å². The Bertz CT molecular complexity index is 1750. The third-order valence-corrected chi connectivity index (χ3v) is 8.05. The summed E-state index contributed by atoms with van der Waals surface area (Å²) in [5.74, 6) is 0.173. The Morgan fingerprint density at radius 2 is 1.95 bits per heavy atom. The second-order valence-corrected chi connectivity index (χ2v) is 10.4. The summed E-state index contributed by atoms with van der Waals surface area (Å²) in [5.41, 5.74) is 3.02. The highest BCUT2D eigenvalue weighted by Crippen LogP contribution is 2.35. The van der Waals surface area contributed by atoms with E-state index in [4.69, 9.17) is 27.9 Å². The number of imidazole rings is 1. The number of aryl methyl sites for hydroxylation is 1. The Hall–Kier alpha value is -3.86. The number of fused-ring (bicyclic) bond motifs is 2. The van der Waals surface area contributed by atoms with Crippen molar-refractivity contribution in [1.82, 2.24) is 19.7 Å². The lowest BCUT2D eigenvalue weighted by atomic mass is 10.1. The number of pyridine rings is 2. The molecule has 0 saturated heterocycles. The van der Waals surface area contributed by atoms with E-state index in [1.807, 2.05) is 41.8 Å². The maximum Gasteiger partial charge on any atom is 0.319 e. The summed E-state index contributed by atoms with van der Waals surface area (Å²) in [6, 6.07) is 13.7. The predicted octanol–water partition coefficient (Wildman–Crippen LogP) is 6.62. The van der Waals surface area contributed by atoms with Crippen LogP contribution in [0.3, 0.4) is 0 Å². The summed E-state index contributed by atoms with van der Waals surface area (Å²) in [5, 5.41) is 7.76. The van der Waals surface area contributed by atoms with Crippen molar-refractivity contribution in [2.75, 3.05) is 23.8 Å². The van der Waals surface area contributed by atoms with Gasteiger partial charge in [0.15, 0.2) is 11.4 Å². The maximum absolute atomic E-state index is 13.0. The summed E-state index contributed by atoms with van der Waals surface area (Å²) in [4.78, 5) is 35.5. The van der Waals surface area contributed by atoms with Crippen LogP contribution in [0, 0.1) is 6.92 Å². The van der Waals surface area contributed by atoms with Gasteiger partial charge in [0.1, 0.15) is 11.2 Å². The van der Waals surface area contributed by atoms with E-state index in [0.29, 0.717) is 33.4 Å². The lowest BCUT2D eigenvalue weighted by Gasteiger charge is -2.21. The number of urea groups is 1. The molecule has 9 nitrogen and oxygen atoms in total. The summed E-state index contributed by atoms with van der Waals surface area (Å²) >= 11 is 16.7. The van der Waals surface area contributed by atoms with Crippen LogP contribution in [0.15, 0.2) is 71.7 Å². The highest BCUT2D eigenvalue weighted by Gasteiger charge is 2.20. The van der Waals surface area contributed by atoms with Crippen molar-refractivity contribution in [2.45, 2.75) is 13.5 Å². The number of hydrogen-bond acceptors (Lipinski definition) is 5. The Balaban J connectivity index is 1.26. The zero-order chi connectivity index (χ0) is 28.4. The van der Waals surface area contributed by atoms with E-state index in [9.17, 15) is 9.59 Å². The first-order valence-electron chi connectivity index (χ1n) is 12.1. The molecule has 5 rings (SSSR count). The van der Waals surface area contributed by atoms with E-state index in [1.165, 1.54) is 4.90 Å². The van der Waals surface area contributed by atoms with Gasteiger partial charge in [-0.2, -0.15) is 0 Å². The minimum atomic E-state index is -0.516. The maximum atomic E-state index is 13.0. The number of halogens is 3. The Kier molecular flexibility index (Phi) is 8.11. The second kappa shape index (κ2) is 11.7. The average molecular weight is 642 g/mol. The molecule has 2 N–H and O–H groups in total. The van der Waals surface area contributed by atoms with Crippen molar-refractivity contribution in [2.24, 2.45) is 0 Å². The third-order valence-electron chi connectivity index (χ3n) is 6.32. The number of carbonyl (C=O) groups is 2. The number of ether oxygens (including phenoxy) is 1. The Morgan fingerprint density at radius 3 is 2.77 bits per heavy atom. The SMILES string of the molecule is Cc1nc2c(OCc3c(Cl)ccc(N(C)C(=O)CNC(=O)Nc4cccc5cnccc45)c3Cl)cccn2c1Br. The molecule has 0 aliphatic rings. The van der Waals surface area contributed by atoms with Crippen LogP contribution in [0.2, 0.25) is 10.0 Å². The molecule has 0 spiro atoms. The lowest BCUT2D eigenvalue weighted by molar-refractivity contribution is -0.117. The number of anilines is 2. The van der Waals surface area contributed by atoms with Crippen molar-refractivity contribution >= 4 is 78.9 Å². The van der Waals surface area contributed by atoms with Crippen molar-refractivity contribution < 1.29 is 14.3 Å². The van der Waals surface area contributed by atoms with Crippen LogP contribution in [0.5, 0.6) is 5.75 Å². The molecule has 3 heterocycles. The van der Waals surface area contributed by atoms with Crippen LogP contribution < -0.4 is 20.3 Å². The fraction of sp³-hybridized carbons (Fsp3) is 0.143. The van der Waals surface area contributed by atoms with Gasteiger partial charge in [-0.3, -0.25) is 14.2 Å². The van der Waals surface area contributed by atoms with Crippen LogP contribution in [0.4, 0.5) is 16.2 Å². The molecular formula is C28H23BrCl2N6O3. The van der Waals surface area contributed by atoms with Crippen molar-refractivity contribution in [3.8, 4) is 5.75 Å².